The highest BCUT2D eigenvalue weighted by molar-refractivity contribution is 6.42. The number of aromatic hydroxyl groups is 1. The Morgan fingerprint density at radius 3 is 2.71 bits per heavy atom. The number of hydrogen-bond acceptors (Lipinski definition) is 4. The van der Waals surface area contributed by atoms with E-state index in [1.54, 1.807) is 6.07 Å². The number of hydrogen-bond donors (Lipinski definition) is 4. The van der Waals surface area contributed by atoms with Gasteiger partial charge in [-0.25, -0.2) is 0 Å². The maximum Gasteiger partial charge on any atom is 0.224 e. The molecular weight excluding hydrogens is 313 g/mol. The number of rotatable bonds is 3. The summed E-state index contributed by atoms with van der Waals surface area (Å²) in [4.78, 5) is 12.2. The summed E-state index contributed by atoms with van der Waals surface area (Å²) in [6, 6.07) is 3.16. The number of phenolic OH excluding ortho intramolecular Hbond substituents is 1. The van der Waals surface area contributed by atoms with Crippen LogP contribution in [0, 0.1) is 5.92 Å². The number of halogens is 2. The fraction of sp³-hybridized carbons (Fsp3) is 0.500. The van der Waals surface area contributed by atoms with E-state index < -0.39 is 0 Å². The number of carbonyl (C=O) groups excluding carboxylic acids is 1. The maximum absolute atomic E-state index is 12.2. The summed E-state index contributed by atoms with van der Waals surface area (Å²) in [5.74, 6) is 0.0327. The Morgan fingerprint density at radius 1 is 1.29 bits per heavy atom. The maximum atomic E-state index is 12.2. The molecule has 0 aliphatic carbocycles. The normalized spacial score (nSPS) is 25.6. The first-order valence-electron chi connectivity index (χ1n) is 6.97. The van der Waals surface area contributed by atoms with Crippen LogP contribution in [0.4, 0.5) is 0 Å². The Kier molecular flexibility index (Phi) is 4.26. The van der Waals surface area contributed by atoms with Crippen molar-refractivity contribution >= 4 is 29.1 Å². The minimum absolute atomic E-state index is 0.0501. The van der Waals surface area contributed by atoms with Crippen LogP contribution in [0.2, 0.25) is 10.0 Å². The van der Waals surface area contributed by atoms with E-state index in [0.29, 0.717) is 28.6 Å². The molecule has 0 spiro atoms. The molecule has 2 fully saturated rings. The van der Waals surface area contributed by atoms with Gasteiger partial charge >= 0.3 is 0 Å². The van der Waals surface area contributed by atoms with Crippen molar-refractivity contribution in [2.24, 2.45) is 5.92 Å². The average Bonchev–Trinajstić information content (AvgIpc) is 2.88. The van der Waals surface area contributed by atoms with E-state index in [1.165, 1.54) is 6.07 Å². The number of phenols is 1. The predicted octanol–water partition coefficient (Wildman–Crippen LogP) is 1.44. The Balaban J connectivity index is 1.69. The molecule has 5 nitrogen and oxygen atoms in total. The van der Waals surface area contributed by atoms with Crippen molar-refractivity contribution in [3.8, 4) is 5.75 Å². The van der Waals surface area contributed by atoms with E-state index in [-0.39, 0.29) is 29.7 Å². The minimum atomic E-state index is -0.161. The molecule has 0 saturated carbocycles. The van der Waals surface area contributed by atoms with Crippen LogP contribution in [0.25, 0.3) is 0 Å². The Bertz CT molecular complexity index is 563. The van der Waals surface area contributed by atoms with Gasteiger partial charge < -0.3 is 21.1 Å². The van der Waals surface area contributed by atoms with Crippen LogP contribution >= 0.6 is 23.2 Å². The van der Waals surface area contributed by atoms with Crippen molar-refractivity contribution in [1.82, 2.24) is 16.0 Å². The molecule has 1 amide bonds. The lowest BCUT2D eigenvalue weighted by Gasteiger charge is -2.29. The van der Waals surface area contributed by atoms with Gasteiger partial charge in [-0.2, -0.15) is 0 Å². The summed E-state index contributed by atoms with van der Waals surface area (Å²) in [6.07, 6.45) is 0.597. The van der Waals surface area contributed by atoms with Crippen molar-refractivity contribution in [1.29, 1.82) is 0 Å². The molecule has 4 N–H and O–H groups in total. The molecule has 7 heteroatoms. The molecule has 0 bridgehead atoms. The molecule has 1 aromatic rings. The van der Waals surface area contributed by atoms with E-state index in [9.17, 15) is 9.90 Å². The molecule has 3 rings (SSSR count). The van der Waals surface area contributed by atoms with Gasteiger partial charge in [0.05, 0.1) is 22.0 Å². The van der Waals surface area contributed by atoms with Crippen molar-refractivity contribution in [3.63, 3.8) is 0 Å². The van der Waals surface area contributed by atoms with E-state index in [1.807, 2.05) is 0 Å². The number of carbonyl (C=O) groups is 1. The smallest absolute Gasteiger partial charge is 0.224 e. The minimum Gasteiger partial charge on any atom is -0.508 e. The summed E-state index contributed by atoms with van der Waals surface area (Å²) in [5.41, 5.74) is 0.574. The van der Waals surface area contributed by atoms with Crippen LogP contribution in [0.3, 0.4) is 0 Å². The van der Waals surface area contributed by atoms with Crippen LogP contribution < -0.4 is 16.0 Å². The standard InChI is InChI=1S/C14H17Cl2N3O2/c15-9-1-2-11(20)12(13(9)16)10-3-7(4-18-10)14(21)19-8-5-17-6-8/h1-2,7-8,10,17-18,20H,3-6H2,(H,19,21)/t7-,10+/m1/s1. The average molecular weight is 330 g/mol. The quantitative estimate of drug-likeness (QED) is 0.677. The topological polar surface area (TPSA) is 73.4 Å². The molecule has 2 aliphatic heterocycles. The van der Waals surface area contributed by atoms with Crippen LogP contribution in [0.5, 0.6) is 5.75 Å². The second-order valence-electron chi connectivity index (χ2n) is 5.55. The SMILES string of the molecule is O=C(NC1CNC1)[C@H]1CN[C@H](c2c(O)ccc(Cl)c2Cl)C1. The first-order valence-corrected chi connectivity index (χ1v) is 7.73. The highest BCUT2D eigenvalue weighted by Crippen LogP contribution is 2.40. The number of amides is 1. The lowest BCUT2D eigenvalue weighted by molar-refractivity contribution is -0.125. The zero-order chi connectivity index (χ0) is 15.0. The van der Waals surface area contributed by atoms with Gasteiger partial charge in [0.2, 0.25) is 5.91 Å². The second kappa shape index (κ2) is 6.01. The lowest BCUT2D eigenvalue weighted by Crippen LogP contribution is -2.58. The molecule has 114 valence electrons. The highest BCUT2D eigenvalue weighted by atomic mass is 35.5. The Morgan fingerprint density at radius 2 is 2.05 bits per heavy atom. The summed E-state index contributed by atoms with van der Waals surface area (Å²) in [5, 5.41) is 20.1. The molecule has 1 aromatic carbocycles. The summed E-state index contributed by atoms with van der Waals surface area (Å²) in [7, 11) is 0. The van der Waals surface area contributed by atoms with Crippen LogP contribution in [-0.4, -0.2) is 36.7 Å². The molecule has 0 radical (unpaired) electrons. The van der Waals surface area contributed by atoms with Gasteiger partial charge in [0, 0.05) is 31.2 Å². The lowest BCUT2D eigenvalue weighted by atomic mass is 9.98. The molecule has 2 aliphatic rings. The molecule has 21 heavy (non-hydrogen) atoms. The summed E-state index contributed by atoms with van der Waals surface area (Å²) < 4.78 is 0. The second-order valence-corrected chi connectivity index (χ2v) is 6.34. The van der Waals surface area contributed by atoms with Gasteiger partial charge in [0.25, 0.3) is 0 Å². The van der Waals surface area contributed by atoms with E-state index in [4.69, 9.17) is 23.2 Å². The number of benzene rings is 1. The molecule has 0 aromatic heterocycles. The van der Waals surface area contributed by atoms with Crippen LogP contribution in [-0.2, 0) is 4.79 Å². The van der Waals surface area contributed by atoms with Crippen molar-refractivity contribution < 1.29 is 9.90 Å². The molecule has 2 heterocycles. The van der Waals surface area contributed by atoms with Crippen molar-refractivity contribution in [2.75, 3.05) is 19.6 Å². The fourth-order valence-electron chi connectivity index (χ4n) is 2.75. The van der Waals surface area contributed by atoms with Crippen LogP contribution in [0.1, 0.15) is 18.0 Å². The molecule has 0 unspecified atom stereocenters. The summed E-state index contributed by atoms with van der Waals surface area (Å²) in [6.45, 7) is 2.23. The Hall–Kier alpha value is -1.01. The highest BCUT2D eigenvalue weighted by Gasteiger charge is 2.34. The number of nitrogens with one attached hydrogen (secondary N) is 3. The van der Waals surface area contributed by atoms with Gasteiger partial charge in [-0.05, 0) is 18.6 Å². The zero-order valence-corrected chi connectivity index (χ0v) is 12.8. The van der Waals surface area contributed by atoms with E-state index in [0.717, 1.165) is 13.1 Å². The monoisotopic (exact) mass is 329 g/mol. The molecule has 2 saturated heterocycles. The fourth-order valence-corrected chi connectivity index (χ4v) is 3.21. The van der Waals surface area contributed by atoms with Crippen molar-refractivity contribution in [3.05, 3.63) is 27.7 Å². The summed E-state index contributed by atoms with van der Waals surface area (Å²) >= 11 is 12.2. The van der Waals surface area contributed by atoms with Gasteiger partial charge in [0.1, 0.15) is 5.75 Å². The zero-order valence-electron chi connectivity index (χ0n) is 11.3. The Labute approximate surface area is 133 Å². The van der Waals surface area contributed by atoms with Crippen LogP contribution in [0.15, 0.2) is 12.1 Å². The molecule has 2 atom stereocenters. The van der Waals surface area contributed by atoms with E-state index >= 15 is 0 Å². The van der Waals surface area contributed by atoms with E-state index in [2.05, 4.69) is 16.0 Å². The third-order valence-corrected chi connectivity index (χ3v) is 4.91. The van der Waals surface area contributed by atoms with Gasteiger partial charge in [-0.1, -0.05) is 23.2 Å². The third kappa shape index (κ3) is 2.97. The van der Waals surface area contributed by atoms with Gasteiger partial charge in [-0.3, -0.25) is 4.79 Å². The molecular formula is C14H17Cl2N3O2. The largest absolute Gasteiger partial charge is 0.508 e. The first-order chi connectivity index (χ1) is 10.1. The van der Waals surface area contributed by atoms with Gasteiger partial charge in [-0.15, -0.1) is 0 Å². The van der Waals surface area contributed by atoms with Crippen molar-refractivity contribution in [2.45, 2.75) is 18.5 Å². The third-order valence-electron chi connectivity index (χ3n) is 4.09. The first kappa shape index (κ1) is 14.9. The van der Waals surface area contributed by atoms with Gasteiger partial charge in [0.15, 0.2) is 0 Å². The predicted molar refractivity (Wildman–Crippen MR) is 81.8 cm³/mol.